The first kappa shape index (κ1) is 21.8. The highest BCUT2D eigenvalue weighted by Crippen LogP contribution is 2.50. The topological polar surface area (TPSA) is 42.3 Å². The predicted octanol–water partition coefficient (Wildman–Crippen LogP) is 5.78. The van der Waals surface area contributed by atoms with Crippen LogP contribution >= 0.6 is 0 Å². The number of likely N-dealkylation sites (tertiary alicyclic amines) is 1. The summed E-state index contributed by atoms with van der Waals surface area (Å²) >= 11 is 0. The van der Waals surface area contributed by atoms with Crippen LogP contribution in [0, 0.1) is 11.3 Å². The fraction of sp³-hybridized carbons (Fsp3) is 0.286. The zero-order valence-electron chi connectivity index (χ0n) is 19.2. The highest BCUT2D eigenvalue weighted by molar-refractivity contribution is 6.09. The minimum absolute atomic E-state index is 0.0506. The Morgan fingerprint density at radius 2 is 1.78 bits per heavy atom. The summed E-state index contributed by atoms with van der Waals surface area (Å²) in [6.45, 7) is 11.4. The van der Waals surface area contributed by atoms with Gasteiger partial charge in [0.05, 0.1) is 6.04 Å². The van der Waals surface area contributed by atoms with Crippen molar-refractivity contribution >= 4 is 34.4 Å². The molecule has 0 bridgehead atoms. The Kier molecular flexibility index (Phi) is 5.64. The van der Waals surface area contributed by atoms with Crippen LogP contribution in [0.15, 0.2) is 78.5 Å². The van der Waals surface area contributed by atoms with Crippen LogP contribution < -0.4 is 0 Å². The predicted molar refractivity (Wildman–Crippen MR) is 132 cm³/mol. The van der Waals surface area contributed by atoms with Crippen LogP contribution in [-0.2, 0) is 11.3 Å². The van der Waals surface area contributed by atoms with Crippen molar-refractivity contribution in [1.82, 2.24) is 9.47 Å². The second-order valence-corrected chi connectivity index (χ2v) is 9.13. The Morgan fingerprint density at radius 1 is 1.06 bits per heavy atom. The van der Waals surface area contributed by atoms with Crippen LogP contribution in [0.4, 0.5) is 0 Å². The molecule has 0 spiro atoms. The Hall–Kier alpha value is -3.40. The second kappa shape index (κ2) is 8.27. The van der Waals surface area contributed by atoms with Crippen molar-refractivity contribution in [1.29, 1.82) is 0 Å². The molecular weight excluding hydrogens is 396 g/mol. The number of likely N-dealkylation sites (N-methyl/N-ethyl adjacent to an activating group) is 1. The number of nitrogens with zero attached hydrogens (tertiary/aromatic N) is 2. The summed E-state index contributed by atoms with van der Waals surface area (Å²) in [5, 5.41) is 2.38. The highest BCUT2D eigenvalue weighted by Gasteiger charge is 2.50. The van der Waals surface area contributed by atoms with E-state index in [4.69, 9.17) is 0 Å². The summed E-state index contributed by atoms with van der Waals surface area (Å²) < 4.78 is 2.28. The molecule has 0 N–H and O–H groups in total. The molecule has 4 nitrogen and oxygen atoms in total. The number of aldehydes is 2. The molecule has 0 radical (unpaired) electrons. The third kappa shape index (κ3) is 3.31. The Bertz CT molecular complexity index is 1280. The van der Waals surface area contributed by atoms with E-state index in [2.05, 4.69) is 55.0 Å². The Labute approximate surface area is 189 Å². The lowest BCUT2D eigenvalue weighted by atomic mass is 9.72. The highest BCUT2D eigenvalue weighted by atomic mass is 16.1. The molecule has 0 saturated carbocycles. The van der Waals surface area contributed by atoms with Crippen LogP contribution in [0.1, 0.15) is 31.1 Å². The third-order valence-electron chi connectivity index (χ3n) is 6.95. The number of carbonyl (C=O) groups is 2. The van der Waals surface area contributed by atoms with E-state index < -0.39 is 0 Å². The van der Waals surface area contributed by atoms with Crippen molar-refractivity contribution in [3.63, 3.8) is 0 Å². The van der Waals surface area contributed by atoms with Crippen molar-refractivity contribution in [2.45, 2.75) is 33.4 Å². The molecule has 1 fully saturated rings. The van der Waals surface area contributed by atoms with Crippen LogP contribution in [0.5, 0.6) is 0 Å². The van der Waals surface area contributed by atoms with E-state index in [1.807, 2.05) is 49.5 Å². The zero-order valence-corrected chi connectivity index (χ0v) is 19.2. The number of aromatic nitrogens is 1. The summed E-state index contributed by atoms with van der Waals surface area (Å²) in [7, 11) is 1.99. The van der Waals surface area contributed by atoms with Gasteiger partial charge in [0.25, 0.3) is 0 Å². The fourth-order valence-electron chi connectivity index (χ4n) is 5.42. The zero-order chi connectivity index (χ0) is 23.0. The van der Waals surface area contributed by atoms with Crippen LogP contribution in [0.25, 0.3) is 21.8 Å². The molecule has 2 atom stereocenters. The molecule has 2 aromatic carbocycles. The van der Waals surface area contributed by atoms with Crippen LogP contribution in [0.3, 0.4) is 0 Å². The first-order valence-electron chi connectivity index (χ1n) is 11.1. The molecule has 32 heavy (non-hydrogen) atoms. The molecular formula is C28H30N2O2. The smallest absolute Gasteiger partial charge is 0.150 e. The normalized spacial score (nSPS) is 21.2. The van der Waals surface area contributed by atoms with Crippen LogP contribution in [0.2, 0.25) is 0 Å². The van der Waals surface area contributed by atoms with Gasteiger partial charge in [0, 0.05) is 58.0 Å². The molecule has 1 aromatic heterocycles. The molecule has 164 valence electrons. The Morgan fingerprint density at radius 3 is 2.44 bits per heavy atom. The van der Waals surface area contributed by atoms with E-state index in [1.165, 1.54) is 22.1 Å². The molecule has 0 amide bonds. The van der Waals surface area contributed by atoms with E-state index in [0.29, 0.717) is 0 Å². The molecule has 1 saturated heterocycles. The number of allylic oxidation sites excluding steroid dienone is 4. The van der Waals surface area contributed by atoms with Gasteiger partial charge in [0.2, 0.25) is 0 Å². The summed E-state index contributed by atoms with van der Waals surface area (Å²) in [5.41, 5.74) is 5.41. The maximum absolute atomic E-state index is 11.2. The van der Waals surface area contributed by atoms with Gasteiger partial charge < -0.3 is 14.3 Å². The minimum Gasteiger partial charge on any atom is -0.367 e. The largest absolute Gasteiger partial charge is 0.367 e. The fourth-order valence-corrected chi connectivity index (χ4v) is 5.42. The van der Waals surface area contributed by atoms with Gasteiger partial charge in [0.15, 0.2) is 0 Å². The summed E-state index contributed by atoms with van der Waals surface area (Å²) in [5.74, 6) is 0.280. The molecule has 1 aliphatic carbocycles. The second-order valence-electron chi connectivity index (χ2n) is 9.13. The van der Waals surface area contributed by atoms with Gasteiger partial charge in [0.1, 0.15) is 12.6 Å². The number of fused-ring (bicyclic) bond motifs is 4. The van der Waals surface area contributed by atoms with Gasteiger partial charge in [-0.05, 0) is 42.8 Å². The van der Waals surface area contributed by atoms with Gasteiger partial charge in [-0.15, -0.1) is 0 Å². The van der Waals surface area contributed by atoms with Crippen molar-refractivity contribution in [3.05, 3.63) is 84.1 Å². The summed E-state index contributed by atoms with van der Waals surface area (Å²) in [4.78, 5) is 24.1. The molecule has 2 unspecified atom stereocenters. The van der Waals surface area contributed by atoms with E-state index in [1.54, 1.807) is 0 Å². The van der Waals surface area contributed by atoms with Crippen molar-refractivity contribution in [2.24, 2.45) is 11.3 Å². The van der Waals surface area contributed by atoms with E-state index in [0.717, 1.165) is 35.6 Å². The maximum atomic E-state index is 11.2. The van der Waals surface area contributed by atoms with Gasteiger partial charge in [-0.3, -0.25) is 4.79 Å². The van der Waals surface area contributed by atoms with Gasteiger partial charge >= 0.3 is 0 Å². The lowest BCUT2D eigenvalue weighted by Gasteiger charge is -2.30. The first-order valence-corrected chi connectivity index (χ1v) is 11.1. The number of aryl methyl sites for hydroxylation is 1. The number of rotatable bonds is 3. The minimum atomic E-state index is -0.0653. The number of para-hydroxylation sites is 1. The lowest BCUT2D eigenvalue weighted by molar-refractivity contribution is -0.113. The van der Waals surface area contributed by atoms with E-state index in [9.17, 15) is 9.59 Å². The SMILES string of the molecule is C=C1C=CC=C2C1C(C)(C)C(C=O)N2C.CCn1c2ccccc2c2cc(C=O)ccc21. The van der Waals surface area contributed by atoms with Crippen molar-refractivity contribution in [2.75, 3.05) is 7.05 Å². The number of benzene rings is 2. The average Bonchev–Trinajstić information content (AvgIpc) is 3.22. The summed E-state index contributed by atoms with van der Waals surface area (Å²) in [6.07, 6.45) is 8.08. The molecule has 4 heteroatoms. The maximum Gasteiger partial charge on any atom is 0.150 e. The molecule has 2 aliphatic rings. The van der Waals surface area contributed by atoms with Gasteiger partial charge in [-0.1, -0.05) is 50.8 Å². The monoisotopic (exact) mass is 426 g/mol. The van der Waals surface area contributed by atoms with E-state index >= 15 is 0 Å². The Balaban J connectivity index is 0.000000155. The molecule has 1 aliphatic heterocycles. The average molecular weight is 427 g/mol. The molecule has 2 heterocycles. The number of hydrogen-bond acceptors (Lipinski definition) is 3. The molecule has 5 rings (SSSR count). The summed E-state index contributed by atoms with van der Waals surface area (Å²) in [6, 6.07) is 14.1. The van der Waals surface area contributed by atoms with Crippen molar-refractivity contribution < 1.29 is 9.59 Å². The first-order chi connectivity index (χ1) is 15.3. The standard InChI is InChI=1S/C15H13NO.C13H17NO/c1-2-16-14-6-4-3-5-12(14)13-9-11(10-17)7-8-15(13)16;1-9-6-5-7-10-12(9)13(2,3)11(8-15)14(10)4/h3-10H,2H2,1H3;5-8,11-12H,1H2,2-4H3. The number of hydrogen-bond donors (Lipinski definition) is 0. The van der Waals surface area contributed by atoms with Gasteiger partial charge in [-0.2, -0.15) is 0 Å². The number of carbonyl (C=O) groups excluding carboxylic acids is 2. The lowest BCUT2D eigenvalue weighted by Crippen LogP contribution is -2.36. The van der Waals surface area contributed by atoms with E-state index in [-0.39, 0.29) is 17.4 Å². The molecule has 3 aromatic rings. The van der Waals surface area contributed by atoms with Crippen molar-refractivity contribution in [3.8, 4) is 0 Å². The third-order valence-corrected chi connectivity index (χ3v) is 6.95. The van der Waals surface area contributed by atoms with Crippen LogP contribution in [-0.4, -0.2) is 35.1 Å². The van der Waals surface area contributed by atoms with Gasteiger partial charge in [-0.25, -0.2) is 0 Å². The quantitative estimate of drug-likeness (QED) is 0.499.